The lowest BCUT2D eigenvalue weighted by molar-refractivity contribution is -0.137. The molecule has 32 heavy (non-hydrogen) atoms. The monoisotopic (exact) mass is 458 g/mol. The van der Waals surface area contributed by atoms with Crippen molar-refractivity contribution >= 4 is 35.1 Å². The molecule has 0 bridgehead atoms. The second kappa shape index (κ2) is 9.78. The van der Waals surface area contributed by atoms with Crippen molar-refractivity contribution in [2.24, 2.45) is 0 Å². The number of hydrogen-bond acceptors (Lipinski definition) is 3. The van der Waals surface area contributed by atoms with E-state index in [1.54, 1.807) is 49.7 Å². The number of nitrogens with one attached hydrogen (secondary N) is 1. The molecule has 164 valence electrons. The predicted molar refractivity (Wildman–Crippen MR) is 118 cm³/mol. The molecule has 2 aromatic carbocycles. The molecule has 0 saturated heterocycles. The summed E-state index contributed by atoms with van der Waals surface area (Å²) in [6, 6.07) is 11.1. The summed E-state index contributed by atoms with van der Waals surface area (Å²) in [6.45, 7) is 1.76. The van der Waals surface area contributed by atoms with E-state index in [2.05, 4.69) is 10.3 Å². The average Bonchev–Trinajstić information content (AvgIpc) is 2.75. The summed E-state index contributed by atoms with van der Waals surface area (Å²) in [5.74, 6) is -0.824. The molecule has 1 aromatic heterocycles. The highest BCUT2D eigenvalue weighted by Crippen LogP contribution is 2.32. The number of Topliss-reactive ketones (excluding diaryl/α,β-unsaturated/α-hetero) is 1. The van der Waals surface area contributed by atoms with Gasteiger partial charge in [0.2, 0.25) is 5.91 Å². The Labute approximate surface area is 187 Å². The summed E-state index contributed by atoms with van der Waals surface area (Å²) in [6.07, 6.45) is 1.33. The number of nitrogens with zero attached hydrogens (tertiary/aromatic N) is 1. The summed E-state index contributed by atoms with van der Waals surface area (Å²) >= 11 is 6.00. The maximum atomic E-state index is 13.0. The summed E-state index contributed by atoms with van der Waals surface area (Å²) in [5, 5.41) is 2.78. The Morgan fingerprint density at radius 3 is 2.59 bits per heavy atom. The minimum atomic E-state index is -4.53. The number of carbonyl (C=O) groups is 2. The normalized spacial score (nSPS) is 11.5. The third kappa shape index (κ3) is 6.04. The number of ketones is 1. The average molecular weight is 459 g/mol. The van der Waals surface area contributed by atoms with Gasteiger partial charge in [-0.05, 0) is 60.0 Å². The maximum Gasteiger partial charge on any atom is 0.416 e. The van der Waals surface area contributed by atoms with Crippen LogP contribution in [-0.2, 0) is 17.4 Å². The summed E-state index contributed by atoms with van der Waals surface area (Å²) in [5.41, 5.74) is 1.35. The number of hydrogen-bond donors (Lipinski definition) is 1. The number of anilines is 1. The van der Waals surface area contributed by atoms with E-state index in [4.69, 9.17) is 11.6 Å². The smallest absolute Gasteiger partial charge is 0.322 e. The topological polar surface area (TPSA) is 59.1 Å². The Balaban J connectivity index is 1.76. The second-order valence-electron chi connectivity index (χ2n) is 7.04. The van der Waals surface area contributed by atoms with Gasteiger partial charge < -0.3 is 5.32 Å². The molecule has 3 rings (SSSR count). The first-order valence-electron chi connectivity index (χ1n) is 9.52. The first-order valence-corrected chi connectivity index (χ1v) is 9.90. The summed E-state index contributed by atoms with van der Waals surface area (Å²) in [7, 11) is 0. The van der Waals surface area contributed by atoms with E-state index >= 15 is 0 Å². The van der Waals surface area contributed by atoms with Crippen LogP contribution < -0.4 is 5.32 Å². The van der Waals surface area contributed by atoms with Crippen molar-refractivity contribution in [1.29, 1.82) is 0 Å². The molecule has 0 fully saturated rings. The molecule has 0 atom stereocenters. The second-order valence-corrected chi connectivity index (χ2v) is 7.45. The molecule has 1 N–H and O–H groups in total. The van der Waals surface area contributed by atoms with E-state index in [1.807, 2.05) is 0 Å². The van der Waals surface area contributed by atoms with Crippen LogP contribution in [0.4, 0.5) is 18.9 Å². The van der Waals surface area contributed by atoms with Crippen LogP contribution in [0.25, 0.3) is 6.08 Å². The number of rotatable bonds is 6. The van der Waals surface area contributed by atoms with Gasteiger partial charge in [-0.2, -0.15) is 13.2 Å². The molecule has 0 aliphatic rings. The Morgan fingerprint density at radius 1 is 1.12 bits per heavy atom. The van der Waals surface area contributed by atoms with E-state index in [9.17, 15) is 22.8 Å². The molecular formula is C24H18ClF3N2O2. The number of halogens is 4. The van der Waals surface area contributed by atoms with Gasteiger partial charge in [-0.1, -0.05) is 29.8 Å². The largest absolute Gasteiger partial charge is 0.416 e. The number of alkyl halides is 3. The van der Waals surface area contributed by atoms with Crippen LogP contribution >= 0.6 is 11.6 Å². The number of carbonyl (C=O) groups excluding carboxylic acids is 2. The molecule has 0 aliphatic carbocycles. The van der Waals surface area contributed by atoms with Crippen LogP contribution in [0, 0.1) is 6.92 Å². The van der Waals surface area contributed by atoms with Gasteiger partial charge >= 0.3 is 6.18 Å². The first kappa shape index (κ1) is 23.2. The van der Waals surface area contributed by atoms with Gasteiger partial charge in [0.05, 0.1) is 5.56 Å². The molecule has 1 heterocycles. The fourth-order valence-electron chi connectivity index (χ4n) is 2.91. The summed E-state index contributed by atoms with van der Waals surface area (Å²) < 4.78 is 38.9. The standard InChI is InChI=1S/C24H18ClF3N2O2/c1-15-4-6-17(12-21(15)30-23(32)9-5-16-3-2-10-29-14-16)22(31)13-18-11-19(24(26,27)28)7-8-20(18)25/h2-12,14H,13H2,1H3,(H,30,32)/b9-5+. The molecule has 8 heteroatoms. The highest BCUT2D eigenvalue weighted by molar-refractivity contribution is 6.31. The van der Waals surface area contributed by atoms with Crippen molar-refractivity contribution in [3.05, 3.63) is 99.8 Å². The SMILES string of the molecule is Cc1ccc(C(=O)Cc2cc(C(F)(F)F)ccc2Cl)cc1NC(=O)/C=C/c1cccnc1. The van der Waals surface area contributed by atoms with Gasteiger partial charge in [0.1, 0.15) is 0 Å². The zero-order chi connectivity index (χ0) is 23.3. The van der Waals surface area contributed by atoms with Crippen LogP contribution in [-0.4, -0.2) is 16.7 Å². The lowest BCUT2D eigenvalue weighted by Gasteiger charge is -2.12. The highest BCUT2D eigenvalue weighted by atomic mass is 35.5. The van der Waals surface area contributed by atoms with Crippen molar-refractivity contribution in [3.63, 3.8) is 0 Å². The van der Waals surface area contributed by atoms with E-state index in [0.29, 0.717) is 5.69 Å². The molecule has 0 radical (unpaired) electrons. The van der Waals surface area contributed by atoms with Crippen molar-refractivity contribution in [2.45, 2.75) is 19.5 Å². The van der Waals surface area contributed by atoms with Crippen molar-refractivity contribution in [3.8, 4) is 0 Å². The fraction of sp³-hybridized carbons (Fsp3) is 0.125. The quantitative estimate of drug-likeness (QED) is 0.356. The van der Waals surface area contributed by atoms with Gasteiger partial charge in [0, 0.05) is 41.2 Å². The maximum absolute atomic E-state index is 13.0. The predicted octanol–water partition coefficient (Wildman–Crippen LogP) is 6.14. The van der Waals surface area contributed by atoms with Crippen LogP contribution in [0.3, 0.4) is 0 Å². The summed E-state index contributed by atoms with van der Waals surface area (Å²) in [4.78, 5) is 28.9. The van der Waals surface area contributed by atoms with Crippen LogP contribution in [0.15, 0.2) is 67.0 Å². The molecule has 0 aliphatic heterocycles. The molecular weight excluding hydrogens is 441 g/mol. The highest BCUT2D eigenvalue weighted by Gasteiger charge is 2.31. The van der Waals surface area contributed by atoms with Gasteiger partial charge in [-0.25, -0.2) is 0 Å². The third-order valence-corrected chi connectivity index (χ3v) is 5.02. The van der Waals surface area contributed by atoms with E-state index in [1.165, 1.54) is 12.1 Å². The van der Waals surface area contributed by atoms with Gasteiger partial charge in [-0.3, -0.25) is 14.6 Å². The van der Waals surface area contributed by atoms with E-state index in [0.717, 1.165) is 29.3 Å². The van der Waals surface area contributed by atoms with Gasteiger partial charge in [-0.15, -0.1) is 0 Å². The van der Waals surface area contributed by atoms with E-state index in [-0.39, 0.29) is 22.6 Å². The molecule has 0 unspecified atom stereocenters. The minimum absolute atomic E-state index is 0.0764. The zero-order valence-electron chi connectivity index (χ0n) is 16.9. The first-order chi connectivity index (χ1) is 15.1. The van der Waals surface area contributed by atoms with Gasteiger partial charge in [0.15, 0.2) is 5.78 Å². The third-order valence-electron chi connectivity index (χ3n) is 4.65. The molecule has 3 aromatic rings. The van der Waals surface area contributed by atoms with Crippen LogP contribution in [0.2, 0.25) is 5.02 Å². The Kier molecular flexibility index (Phi) is 7.10. The van der Waals surface area contributed by atoms with Crippen molar-refractivity contribution in [2.75, 3.05) is 5.32 Å². The van der Waals surface area contributed by atoms with E-state index < -0.39 is 23.4 Å². The van der Waals surface area contributed by atoms with Gasteiger partial charge in [0.25, 0.3) is 0 Å². The lowest BCUT2D eigenvalue weighted by atomic mass is 9.99. The van der Waals surface area contributed by atoms with Crippen LogP contribution in [0.5, 0.6) is 0 Å². The zero-order valence-corrected chi connectivity index (χ0v) is 17.7. The molecule has 4 nitrogen and oxygen atoms in total. The number of pyridine rings is 1. The van der Waals surface area contributed by atoms with Crippen molar-refractivity contribution in [1.82, 2.24) is 4.98 Å². The van der Waals surface area contributed by atoms with Crippen LogP contribution in [0.1, 0.15) is 32.6 Å². The number of amides is 1. The molecule has 1 amide bonds. The number of benzene rings is 2. The minimum Gasteiger partial charge on any atom is -0.322 e. The fourth-order valence-corrected chi connectivity index (χ4v) is 3.10. The van der Waals surface area contributed by atoms with Crippen molar-refractivity contribution < 1.29 is 22.8 Å². The Bertz CT molecular complexity index is 1180. The Hall–Kier alpha value is -3.45. The number of aromatic nitrogens is 1. The lowest BCUT2D eigenvalue weighted by Crippen LogP contribution is -2.11. The number of aryl methyl sites for hydroxylation is 1. The Morgan fingerprint density at radius 2 is 1.91 bits per heavy atom. The molecule has 0 spiro atoms. The molecule has 0 saturated carbocycles.